The van der Waals surface area contributed by atoms with Gasteiger partial charge in [0.05, 0.1) is 6.17 Å². The Morgan fingerprint density at radius 2 is 1.90 bits per heavy atom. The maximum Gasteiger partial charge on any atom is 0.0604 e. The zero-order valence-corrected chi connectivity index (χ0v) is 14.4. The van der Waals surface area contributed by atoms with Gasteiger partial charge in [-0.1, -0.05) is 44.6 Å². The van der Waals surface area contributed by atoms with E-state index in [2.05, 4.69) is 36.7 Å². The molecule has 21 heavy (non-hydrogen) atoms. The van der Waals surface area contributed by atoms with Gasteiger partial charge < -0.3 is 0 Å². The fourth-order valence-electron chi connectivity index (χ4n) is 4.21. The molecule has 0 aromatic heterocycles. The predicted octanol–water partition coefficient (Wildman–Crippen LogP) is 4.86. The van der Waals surface area contributed by atoms with Crippen molar-refractivity contribution in [3.63, 3.8) is 0 Å². The standard InChI is InChI=1S/C19H36N2/c1-4-5-6-9-12-15-19(3)17(2)21-16-13-10-7-8-11-14-18(21)20-19/h4,17-18,20H,1,5-16H2,2-3H3/t17?,18?,19-/m1/s1. The highest BCUT2D eigenvalue weighted by Crippen LogP contribution is 2.33. The molecule has 3 atom stereocenters. The van der Waals surface area contributed by atoms with Gasteiger partial charge >= 0.3 is 0 Å². The van der Waals surface area contributed by atoms with Crippen molar-refractivity contribution < 1.29 is 0 Å². The van der Waals surface area contributed by atoms with Gasteiger partial charge in [-0.05, 0) is 52.5 Å². The summed E-state index contributed by atoms with van der Waals surface area (Å²) >= 11 is 0. The van der Waals surface area contributed by atoms with Gasteiger partial charge in [0.2, 0.25) is 0 Å². The predicted molar refractivity (Wildman–Crippen MR) is 92.5 cm³/mol. The van der Waals surface area contributed by atoms with Crippen molar-refractivity contribution in [2.45, 2.75) is 102 Å². The minimum absolute atomic E-state index is 0.318. The molecule has 2 nitrogen and oxygen atoms in total. The van der Waals surface area contributed by atoms with Crippen LogP contribution in [0.15, 0.2) is 12.7 Å². The van der Waals surface area contributed by atoms with E-state index in [1.165, 1.54) is 77.2 Å². The third kappa shape index (κ3) is 4.56. The number of rotatable bonds is 6. The fraction of sp³-hybridized carbons (Fsp3) is 0.895. The molecule has 2 saturated heterocycles. The molecule has 0 spiro atoms. The van der Waals surface area contributed by atoms with Crippen LogP contribution < -0.4 is 5.32 Å². The first kappa shape index (κ1) is 17.0. The zero-order chi connectivity index (χ0) is 15.1. The molecule has 0 aromatic carbocycles. The molecule has 2 aliphatic rings. The fourth-order valence-corrected chi connectivity index (χ4v) is 4.21. The lowest BCUT2D eigenvalue weighted by molar-refractivity contribution is 0.174. The van der Waals surface area contributed by atoms with Crippen LogP contribution >= 0.6 is 0 Å². The van der Waals surface area contributed by atoms with Crippen LogP contribution in [0.25, 0.3) is 0 Å². The third-order valence-electron chi connectivity index (χ3n) is 5.81. The van der Waals surface area contributed by atoms with E-state index in [9.17, 15) is 0 Å². The molecule has 2 fully saturated rings. The molecule has 0 aromatic rings. The lowest BCUT2D eigenvalue weighted by atomic mass is 9.88. The number of hydrogen-bond donors (Lipinski definition) is 1. The molecule has 0 amide bonds. The van der Waals surface area contributed by atoms with Crippen molar-refractivity contribution in [3.8, 4) is 0 Å². The summed E-state index contributed by atoms with van der Waals surface area (Å²) in [7, 11) is 0. The van der Waals surface area contributed by atoms with Crippen molar-refractivity contribution >= 4 is 0 Å². The second kappa shape index (κ2) is 8.33. The van der Waals surface area contributed by atoms with Crippen molar-refractivity contribution in [1.82, 2.24) is 10.2 Å². The molecule has 0 saturated carbocycles. The van der Waals surface area contributed by atoms with Gasteiger partial charge in [-0.25, -0.2) is 0 Å². The number of nitrogens with zero attached hydrogens (tertiary/aromatic N) is 1. The lowest BCUT2D eigenvalue weighted by Crippen LogP contribution is -2.46. The summed E-state index contributed by atoms with van der Waals surface area (Å²) in [6, 6.07) is 0.681. The van der Waals surface area contributed by atoms with E-state index in [0.29, 0.717) is 17.7 Å². The van der Waals surface area contributed by atoms with Gasteiger partial charge in [0.1, 0.15) is 0 Å². The number of unbranched alkanes of at least 4 members (excludes halogenated alkanes) is 3. The van der Waals surface area contributed by atoms with Gasteiger partial charge in [-0.3, -0.25) is 10.2 Å². The first-order chi connectivity index (χ1) is 10.2. The molecule has 2 aliphatic heterocycles. The Morgan fingerprint density at radius 3 is 2.71 bits per heavy atom. The van der Waals surface area contributed by atoms with E-state index in [1.807, 2.05) is 0 Å². The average Bonchev–Trinajstić information content (AvgIpc) is 2.76. The molecule has 1 N–H and O–H groups in total. The summed E-state index contributed by atoms with van der Waals surface area (Å²) in [6.45, 7) is 10.0. The quantitative estimate of drug-likeness (QED) is 0.556. The third-order valence-corrected chi connectivity index (χ3v) is 5.81. The molecule has 122 valence electrons. The van der Waals surface area contributed by atoms with Gasteiger partial charge in [0.15, 0.2) is 0 Å². The minimum Gasteiger partial charge on any atom is -0.295 e. The highest BCUT2D eigenvalue weighted by atomic mass is 15.4. The first-order valence-electron chi connectivity index (χ1n) is 9.32. The highest BCUT2D eigenvalue weighted by molar-refractivity contribution is 5.03. The molecule has 2 rings (SSSR count). The number of nitrogens with one attached hydrogen (secondary N) is 1. The first-order valence-corrected chi connectivity index (χ1v) is 9.32. The van der Waals surface area contributed by atoms with Gasteiger partial charge in [-0.15, -0.1) is 6.58 Å². The SMILES string of the molecule is C=CCCCCC[C@@]1(C)NC2CCCCCCCN2C1C. The second-order valence-electron chi connectivity index (χ2n) is 7.44. The van der Waals surface area contributed by atoms with Crippen molar-refractivity contribution in [3.05, 3.63) is 12.7 Å². The molecule has 2 heteroatoms. The topological polar surface area (TPSA) is 15.3 Å². The van der Waals surface area contributed by atoms with Crippen LogP contribution in [0.5, 0.6) is 0 Å². The molecule has 0 radical (unpaired) electrons. The van der Waals surface area contributed by atoms with Gasteiger partial charge in [0, 0.05) is 11.6 Å². The maximum atomic E-state index is 4.01. The monoisotopic (exact) mass is 292 g/mol. The number of allylic oxidation sites excluding steroid dienone is 1. The van der Waals surface area contributed by atoms with E-state index < -0.39 is 0 Å². The van der Waals surface area contributed by atoms with Crippen LogP contribution in [0, 0.1) is 0 Å². The second-order valence-corrected chi connectivity index (χ2v) is 7.44. The minimum atomic E-state index is 0.318. The summed E-state index contributed by atoms with van der Waals surface area (Å²) in [5, 5.41) is 4.01. The average molecular weight is 293 g/mol. The Labute approximate surface area is 132 Å². The Morgan fingerprint density at radius 1 is 1.14 bits per heavy atom. The van der Waals surface area contributed by atoms with Crippen molar-refractivity contribution in [1.29, 1.82) is 0 Å². The van der Waals surface area contributed by atoms with Crippen LogP contribution in [0.4, 0.5) is 0 Å². The van der Waals surface area contributed by atoms with Crippen LogP contribution in [-0.4, -0.2) is 29.2 Å². The van der Waals surface area contributed by atoms with Gasteiger partial charge in [-0.2, -0.15) is 0 Å². The molecule has 0 bridgehead atoms. The summed E-state index contributed by atoms with van der Waals surface area (Å²) in [5.74, 6) is 0. The van der Waals surface area contributed by atoms with Gasteiger partial charge in [0.25, 0.3) is 0 Å². The van der Waals surface area contributed by atoms with Crippen LogP contribution in [-0.2, 0) is 0 Å². The van der Waals surface area contributed by atoms with E-state index in [1.54, 1.807) is 0 Å². The van der Waals surface area contributed by atoms with Crippen molar-refractivity contribution in [2.24, 2.45) is 0 Å². The number of fused-ring (bicyclic) bond motifs is 1. The molecule has 2 unspecified atom stereocenters. The highest BCUT2D eigenvalue weighted by Gasteiger charge is 2.45. The Balaban J connectivity index is 1.87. The molecular weight excluding hydrogens is 256 g/mol. The van der Waals surface area contributed by atoms with E-state index in [-0.39, 0.29) is 0 Å². The summed E-state index contributed by atoms with van der Waals surface area (Å²) in [5.41, 5.74) is 0.318. The Kier molecular flexibility index (Phi) is 6.75. The summed E-state index contributed by atoms with van der Waals surface area (Å²) < 4.78 is 0. The van der Waals surface area contributed by atoms with Crippen LogP contribution in [0.1, 0.15) is 84.5 Å². The molecular formula is C19H36N2. The largest absolute Gasteiger partial charge is 0.295 e. The summed E-state index contributed by atoms with van der Waals surface area (Å²) in [6.07, 6.45) is 17.6. The smallest absolute Gasteiger partial charge is 0.0604 e. The van der Waals surface area contributed by atoms with Crippen molar-refractivity contribution in [2.75, 3.05) is 6.54 Å². The van der Waals surface area contributed by atoms with Crippen LogP contribution in [0.3, 0.4) is 0 Å². The zero-order valence-electron chi connectivity index (χ0n) is 14.4. The molecule has 0 aliphatic carbocycles. The normalized spacial score (nSPS) is 34.8. The Hall–Kier alpha value is -0.340. The Bertz CT molecular complexity index is 315. The molecule has 2 heterocycles. The lowest BCUT2D eigenvalue weighted by Gasteiger charge is -2.32. The number of hydrogen-bond acceptors (Lipinski definition) is 2. The van der Waals surface area contributed by atoms with E-state index in [0.717, 1.165) is 0 Å². The summed E-state index contributed by atoms with van der Waals surface area (Å²) in [4.78, 5) is 2.77. The van der Waals surface area contributed by atoms with E-state index >= 15 is 0 Å². The van der Waals surface area contributed by atoms with Crippen LogP contribution in [0.2, 0.25) is 0 Å². The van der Waals surface area contributed by atoms with E-state index in [4.69, 9.17) is 0 Å². The maximum absolute atomic E-state index is 4.01.